The smallest absolute Gasteiger partial charge is 0.244 e. The number of aromatic hydroxyl groups is 1. The van der Waals surface area contributed by atoms with E-state index in [4.69, 9.17) is 11.6 Å². The van der Waals surface area contributed by atoms with Crippen molar-refractivity contribution in [1.29, 1.82) is 0 Å². The Hall–Kier alpha value is -2.01. The number of H-pyrrole nitrogens is 1. The minimum absolute atomic E-state index is 0.000336. The van der Waals surface area contributed by atoms with Crippen LogP contribution in [0.25, 0.3) is 10.9 Å². The topological polar surface area (TPSA) is 77.5 Å². The van der Waals surface area contributed by atoms with Crippen LogP contribution in [0.3, 0.4) is 0 Å². The predicted octanol–water partition coefficient (Wildman–Crippen LogP) is 4.52. The van der Waals surface area contributed by atoms with Crippen LogP contribution in [0.5, 0.6) is 5.88 Å². The molecule has 0 aliphatic rings. The zero-order valence-electron chi connectivity index (χ0n) is 15.8. The Morgan fingerprint density at radius 1 is 1.31 bits per heavy atom. The van der Waals surface area contributed by atoms with E-state index in [2.05, 4.69) is 43.0 Å². The van der Waals surface area contributed by atoms with Crippen molar-refractivity contribution in [2.75, 3.05) is 6.54 Å². The molecule has 0 aliphatic heterocycles. The first-order valence-electron chi connectivity index (χ1n) is 9.09. The number of carbonyl (C=O) groups is 1. The van der Waals surface area contributed by atoms with Gasteiger partial charge in [0.05, 0.1) is 16.1 Å². The first kappa shape index (κ1) is 20.3. The maximum Gasteiger partial charge on any atom is 0.244 e. The number of rotatable bonds is 8. The van der Waals surface area contributed by atoms with E-state index in [1.807, 2.05) is 12.1 Å². The number of amides is 1. The van der Waals surface area contributed by atoms with E-state index in [-0.39, 0.29) is 11.8 Å². The van der Waals surface area contributed by atoms with Crippen molar-refractivity contribution in [3.63, 3.8) is 0 Å². The van der Waals surface area contributed by atoms with E-state index in [1.165, 1.54) is 0 Å². The normalized spacial score (nSPS) is 13.2. The van der Waals surface area contributed by atoms with Crippen LogP contribution in [0.2, 0.25) is 5.02 Å². The number of aliphatic imine (C=N–C) groups is 1. The third-order valence-corrected chi connectivity index (χ3v) is 4.52. The van der Waals surface area contributed by atoms with Gasteiger partial charge in [-0.25, -0.2) is 0 Å². The average Bonchev–Trinajstić information content (AvgIpc) is 2.88. The maximum absolute atomic E-state index is 12.5. The molecule has 1 aromatic heterocycles. The Morgan fingerprint density at radius 3 is 2.69 bits per heavy atom. The number of carbonyl (C=O) groups excluding carboxylic acids is 1. The van der Waals surface area contributed by atoms with Crippen molar-refractivity contribution in [2.24, 2.45) is 16.8 Å². The quantitative estimate of drug-likeness (QED) is 0.591. The zero-order chi connectivity index (χ0) is 19.3. The molecule has 142 valence electrons. The molecule has 0 saturated carbocycles. The largest absolute Gasteiger partial charge is 0.494 e. The summed E-state index contributed by atoms with van der Waals surface area (Å²) in [5, 5.41) is 14.5. The van der Waals surface area contributed by atoms with Crippen LogP contribution >= 0.6 is 11.6 Å². The summed E-state index contributed by atoms with van der Waals surface area (Å²) in [7, 11) is 0. The lowest BCUT2D eigenvalue weighted by atomic mass is 10.0. The first-order valence-corrected chi connectivity index (χ1v) is 9.47. The lowest BCUT2D eigenvalue weighted by molar-refractivity contribution is -0.122. The van der Waals surface area contributed by atoms with Gasteiger partial charge in [-0.05, 0) is 30.7 Å². The summed E-state index contributed by atoms with van der Waals surface area (Å²) in [6.45, 7) is 9.02. The van der Waals surface area contributed by atoms with Crippen LogP contribution in [-0.2, 0) is 4.79 Å². The molecule has 0 radical (unpaired) electrons. The number of hydrogen-bond donors (Lipinski definition) is 3. The molecular weight excluding hydrogens is 350 g/mol. The second-order valence-corrected chi connectivity index (χ2v) is 7.85. The fraction of sp³-hybridized carbons (Fsp3) is 0.500. The van der Waals surface area contributed by atoms with Gasteiger partial charge in [-0.2, -0.15) is 0 Å². The van der Waals surface area contributed by atoms with Crippen LogP contribution in [0.1, 0.15) is 46.1 Å². The molecule has 0 unspecified atom stereocenters. The number of para-hydroxylation sites is 1. The highest BCUT2D eigenvalue weighted by molar-refractivity contribution is 6.35. The Bertz CT molecular complexity index is 781. The molecule has 5 nitrogen and oxygen atoms in total. The summed E-state index contributed by atoms with van der Waals surface area (Å²) in [5.41, 5.74) is 1.21. The molecular formula is C20H28ClN3O2. The highest BCUT2D eigenvalue weighted by Gasteiger charge is 2.19. The molecule has 6 heteroatoms. The number of aromatic nitrogens is 1. The fourth-order valence-corrected chi connectivity index (χ4v) is 2.99. The minimum Gasteiger partial charge on any atom is -0.494 e. The monoisotopic (exact) mass is 377 g/mol. The summed E-state index contributed by atoms with van der Waals surface area (Å²) < 4.78 is 0. The number of benzene rings is 1. The molecule has 0 spiro atoms. The molecule has 0 aliphatic carbocycles. The number of aromatic amines is 1. The van der Waals surface area contributed by atoms with E-state index >= 15 is 0 Å². The molecule has 2 aromatic rings. The summed E-state index contributed by atoms with van der Waals surface area (Å²) in [6, 6.07) is 4.95. The maximum atomic E-state index is 12.5. The molecule has 0 bridgehead atoms. The SMILES string of the molecule is CC(C)CCNC(=O)[C@H](CC(C)C)N=Cc1c(O)[nH]c2c(Cl)cccc12. The highest BCUT2D eigenvalue weighted by Crippen LogP contribution is 2.30. The zero-order valence-corrected chi connectivity index (χ0v) is 16.6. The van der Waals surface area contributed by atoms with Gasteiger partial charge in [0, 0.05) is 18.1 Å². The van der Waals surface area contributed by atoms with Gasteiger partial charge in [-0.15, -0.1) is 0 Å². The van der Waals surface area contributed by atoms with Crippen LogP contribution in [-0.4, -0.2) is 34.8 Å². The van der Waals surface area contributed by atoms with Gasteiger partial charge in [0.1, 0.15) is 6.04 Å². The van der Waals surface area contributed by atoms with Gasteiger partial charge in [0.25, 0.3) is 0 Å². The molecule has 2 rings (SSSR count). The predicted molar refractivity (Wildman–Crippen MR) is 108 cm³/mol. The summed E-state index contributed by atoms with van der Waals surface area (Å²) in [4.78, 5) is 19.9. The number of nitrogens with one attached hydrogen (secondary N) is 2. The Labute approximate surface area is 159 Å². The first-order chi connectivity index (χ1) is 12.3. The second-order valence-electron chi connectivity index (χ2n) is 7.45. The minimum atomic E-state index is -0.481. The number of fused-ring (bicyclic) bond motifs is 1. The molecule has 3 N–H and O–H groups in total. The van der Waals surface area contributed by atoms with Crippen LogP contribution in [0.4, 0.5) is 0 Å². The standard InChI is InChI=1S/C20H28ClN3O2/c1-12(2)8-9-22-20(26)17(10-13(3)4)23-11-15-14-6-5-7-16(21)18(14)24-19(15)25/h5-7,11-13,17,24-25H,8-10H2,1-4H3,(H,22,26)/t17-/m0/s1. The second kappa shape index (κ2) is 9.08. The van der Waals surface area contributed by atoms with Crippen LogP contribution in [0, 0.1) is 11.8 Å². The van der Waals surface area contributed by atoms with Crippen molar-refractivity contribution in [2.45, 2.75) is 46.6 Å². The average molecular weight is 378 g/mol. The summed E-state index contributed by atoms with van der Waals surface area (Å²) >= 11 is 6.16. The van der Waals surface area contributed by atoms with Crippen LogP contribution < -0.4 is 5.32 Å². The van der Waals surface area contributed by atoms with Crippen LogP contribution in [0.15, 0.2) is 23.2 Å². The molecule has 1 amide bonds. The summed E-state index contributed by atoms with van der Waals surface area (Å²) in [5.74, 6) is 0.794. The molecule has 1 aromatic carbocycles. The number of nitrogens with zero attached hydrogens (tertiary/aromatic N) is 1. The third kappa shape index (κ3) is 5.24. The van der Waals surface area contributed by atoms with Gasteiger partial charge in [-0.1, -0.05) is 51.4 Å². The fourth-order valence-electron chi connectivity index (χ4n) is 2.77. The van der Waals surface area contributed by atoms with Gasteiger partial charge in [-0.3, -0.25) is 9.79 Å². The molecule has 1 atom stereocenters. The molecule has 0 saturated heterocycles. The number of halogens is 1. The Kier molecular flexibility index (Phi) is 7.09. The van der Waals surface area contributed by atoms with Gasteiger partial charge in [0.2, 0.25) is 5.91 Å². The highest BCUT2D eigenvalue weighted by atomic mass is 35.5. The van der Waals surface area contributed by atoms with E-state index in [9.17, 15) is 9.90 Å². The Morgan fingerprint density at radius 2 is 2.04 bits per heavy atom. The molecule has 0 fully saturated rings. The van der Waals surface area contributed by atoms with E-state index < -0.39 is 6.04 Å². The Balaban J connectivity index is 2.21. The van der Waals surface area contributed by atoms with Crippen molar-refractivity contribution >= 4 is 34.6 Å². The van der Waals surface area contributed by atoms with Gasteiger partial charge >= 0.3 is 0 Å². The van der Waals surface area contributed by atoms with E-state index in [0.717, 1.165) is 11.8 Å². The number of hydrogen-bond acceptors (Lipinski definition) is 3. The lowest BCUT2D eigenvalue weighted by Gasteiger charge is -2.15. The molecule has 26 heavy (non-hydrogen) atoms. The van der Waals surface area contributed by atoms with Gasteiger partial charge in [0.15, 0.2) is 5.88 Å². The van der Waals surface area contributed by atoms with E-state index in [1.54, 1.807) is 12.3 Å². The van der Waals surface area contributed by atoms with Crippen molar-refractivity contribution < 1.29 is 9.90 Å². The molecule has 1 heterocycles. The summed E-state index contributed by atoms with van der Waals surface area (Å²) in [6.07, 6.45) is 3.15. The third-order valence-electron chi connectivity index (χ3n) is 4.20. The lowest BCUT2D eigenvalue weighted by Crippen LogP contribution is -2.35. The van der Waals surface area contributed by atoms with E-state index in [0.29, 0.717) is 40.9 Å². The van der Waals surface area contributed by atoms with Crippen molar-refractivity contribution in [3.05, 3.63) is 28.8 Å². The van der Waals surface area contributed by atoms with Crippen molar-refractivity contribution in [1.82, 2.24) is 10.3 Å². The van der Waals surface area contributed by atoms with Crippen molar-refractivity contribution in [3.8, 4) is 5.88 Å². The van der Waals surface area contributed by atoms with Gasteiger partial charge < -0.3 is 15.4 Å².